The average molecular weight is 305 g/mol. The molecular weight excluding hydrogens is 278 g/mol. The zero-order valence-electron chi connectivity index (χ0n) is 12.7. The Labute approximate surface area is 122 Å². The highest BCUT2D eigenvalue weighted by atomic mass is 32.2. The van der Waals surface area contributed by atoms with Gasteiger partial charge in [-0.15, -0.1) is 0 Å². The van der Waals surface area contributed by atoms with Crippen molar-refractivity contribution in [3.63, 3.8) is 0 Å². The molecule has 0 bridgehead atoms. The van der Waals surface area contributed by atoms with Gasteiger partial charge in [-0.05, 0) is 32.6 Å². The first-order chi connectivity index (χ1) is 9.33. The van der Waals surface area contributed by atoms with E-state index in [1.54, 1.807) is 4.90 Å². The van der Waals surface area contributed by atoms with E-state index in [0.717, 1.165) is 38.4 Å². The molecule has 118 valence electrons. The number of sulfonamides is 1. The van der Waals surface area contributed by atoms with Crippen molar-refractivity contribution in [3.8, 4) is 0 Å². The largest absolute Gasteiger partial charge is 0.336 e. The van der Waals surface area contributed by atoms with Crippen molar-refractivity contribution >= 4 is 16.1 Å². The molecule has 2 atom stereocenters. The second kappa shape index (κ2) is 7.83. The Morgan fingerprint density at radius 2 is 2.10 bits per heavy atom. The predicted octanol–water partition coefficient (Wildman–Crippen LogP) is 1.29. The first-order valence-corrected chi connectivity index (χ1v) is 9.24. The van der Waals surface area contributed by atoms with Gasteiger partial charge in [-0.2, -0.15) is 0 Å². The van der Waals surface area contributed by atoms with Crippen LogP contribution in [0.1, 0.15) is 46.0 Å². The maximum Gasteiger partial charge on any atom is 0.317 e. The van der Waals surface area contributed by atoms with E-state index in [9.17, 15) is 13.2 Å². The second-order valence-electron chi connectivity index (χ2n) is 5.60. The molecule has 0 aromatic carbocycles. The molecule has 1 saturated heterocycles. The Balaban J connectivity index is 2.56. The van der Waals surface area contributed by atoms with Crippen LogP contribution in [-0.4, -0.2) is 50.8 Å². The van der Waals surface area contributed by atoms with E-state index in [4.69, 9.17) is 0 Å². The summed E-state index contributed by atoms with van der Waals surface area (Å²) in [5, 5.41) is 2.99. The quantitative estimate of drug-likeness (QED) is 0.776. The lowest BCUT2D eigenvalue weighted by Crippen LogP contribution is -2.54. The molecular formula is C13H27N3O3S. The molecule has 0 radical (unpaired) electrons. The van der Waals surface area contributed by atoms with Crippen LogP contribution in [0.2, 0.25) is 0 Å². The molecule has 7 heteroatoms. The van der Waals surface area contributed by atoms with E-state index in [-0.39, 0.29) is 18.1 Å². The minimum atomic E-state index is -3.21. The van der Waals surface area contributed by atoms with Crippen LogP contribution in [0.15, 0.2) is 0 Å². The van der Waals surface area contributed by atoms with Gasteiger partial charge in [-0.1, -0.05) is 13.3 Å². The summed E-state index contributed by atoms with van der Waals surface area (Å²) in [4.78, 5) is 14.0. The summed E-state index contributed by atoms with van der Waals surface area (Å²) in [6, 6.07) is 0.0243. The van der Waals surface area contributed by atoms with Crippen LogP contribution in [0.25, 0.3) is 0 Å². The van der Waals surface area contributed by atoms with E-state index < -0.39 is 10.0 Å². The van der Waals surface area contributed by atoms with Crippen molar-refractivity contribution in [2.24, 2.45) is 0 Å². The first kappa shape index (κ1) is 17.2. The topological polar surface area (TPSA) is 78.5 Å². The molecule has 1 aliphatic rings. The first-order valence-electron chi connectivity index (χ1n) is 7.35. The summed E-state index contributed by atoms with van der Waals surface area (Å²) in [6.45, 7) is 5.08. The summed E-state index contributed by atoms with van der Waals surface area (Å²) >= 11 is 0. The van der Waals surface area contributed by atoms with Gasteiger partial charge in [0.25, 0.3) is 0 Å². The van der Waals surface area contributed by atoms with E-state index in [2.05, 4.69) is 17.0 Å². The zero-order chi connectivity index (χ0) is 15.2. The molecule has 1 heterocycles. The number of nitrogens with one attached hydrogen (secondary N) is 2. The van der Waals surface area contributed by atoms with Gasteiger partial charge in [0.15, 0.2) is 0 Å². The molecule has 0 aromatic heterocycles. The van der Waals surface area contributed by atoms with E-state index in [0.29, 0.717) is 13.1 Å². The van der Waals surface area contributed by atoms with E-state index in [1.807, 2.05) is 6.92 Å². The fraction of sp³-hybridized carbons (Fsp3) is 0.923. The summed E-state index contributed by atoms with van der Waals surface area (Å²) in [6.07, 6.45) is 5.98. The third-order valence-electron chi connectivity index (χ3n) is 3.56. The fourth-order valence-corrected chi connectivity index (χ4v) is 3.02. The lowest BCUT2D eigenvalue weighted by molar-refractivity contribution is 0.149. The van der Waals surface area contributed by atoms with E-state index in [1.165, 1.54) is 0 Å². The third kappa shape index (κ3) is 6.09. The molecule has 0 aliphatic carbocycles. The number of hydrogen-bond donors (Lipinski definition) is 2. The van der Waals surface area contributed by atoms with Gasteiger partial charge in [0, 0.05) is 25.2 Å². The number of nitrogens with zero attached hydrogens (tertiary/aromatic N) is 1. The SMILES string of the molecule is CCC[C@H](C)NC(=O)N1CCCC[C@@H]1CNS(C)(=O)=O. The highest BCUT2D eigenvalue weighted by Gasteiger charge is 2.27. The molecule has 0 unspecified atom stereocenters. The molecule has 20 heavy (non-hydrogen) atoms. The van der Waals surface area contributed by atoms with Gasteiger partial charge in [-0.3, -0.25) is 0 Å². The number of rotatable bonds is 6. The molecule has 2 amide bonds. The number of carbonyl (C=O) groups excluding carboxylic acids is 1. The van der Waals surface area contributed by atoms with Gasteiger partial charge in [-0.25, -0.2) is 17.9 Å². The van der Waals surface area contributed by atoms with Crippen molar-refractivity contribution in [2.75, 3.05) is 19.3 Å². The number of amides is 2. The summed E-state index contributed by atoms with van der Waals surface area (Å²) < 4.78 is 24.9. The number of urea groups is 1. The van der Waals surface area contributed by atoms with Gasteiger partial charge < -0.3 is 10.2 Å². The average Bonchev–Trinajstić information content (AvgIpc) is 2.36. The summed E-state index contributed by atoms with van der Waals surface area (Å²) in [5.74, 6) is 0. The Kier molecular flexibility index (Phi) is 6.75. The van der Waals surface area contributed by atoms with Crippen LogP contribution in [0.5, 0.6) is 0 Å². The molecule has 1 fully saturated rings. The van der Waals surface area contributed by atoms with Crippen LogP contribution in [0, 0.1) is 0 Å². The van der Waals surface area contributed by atoms with Crippen molar-refractivity contribution in [2.45, 2.75) is 58.0 Å². The van der Waals surface area contributed by atoms with Crippen LogP contribution in [0.3, 0.4) is 0 Å². The molecule has 1 rings (SSSR count). The van der Waals surface area contributed by atoms with Gasteiger partial charge >= 0.3 is 6.03 Å². The Morgan fingerprint density at radius 3 is 2.70 bits per heavy atom. The Hall–Kier alpha value is -0.820. The van der Waals surface area contributed by atoms with Crippen molar-refractivity contribution < 1.29 is 13.2 Å². The third-order valence-corrected chi connectivity index (χ3v) is 4.25. The summed E-state index contributed by atoms with van der Waals surface area (Å²) in [5.41, 5.74) is 0. The molecule has 0 saturated carbocycles. The molecule has 2 N–H and O–H groups in total. The van der Waals surface area contributed by atoms with Gasteiger partial charge in [0.1, 0.15) is 0 Å². The van der Waals surface area contributed by atoms with Gasteiger partial charge in [0.2, 0.25) is 10.0 Å². The highest BCUT2D eigenvalue weighted by Crippen LogP contribution is 2.17. The normalized spacial score (nSPS) is 21.6. The van der Waals surface area contributed by atoms with Crippen LogP contribution in [-0.2, 0) is 10.0 Å². The molecule has 0 aromatic rings. The monoisotopic (exact) mass is 305 g/mol. The smallest absolute Gasteiger partial charge is 0.317 e. The van der Waals surface area contributed by atoms with Gasteiger partial charge in [0.05, 0.1) is 6.26 Å². The zero-order valence-corrected chi connectivity index (χ0v) is 13.5. The van der Waals surface area contributed by atoms with Crippen LogP contribution in [0.4, 0.5) is 4.79 Å². The molecule has 1 aliphatic heterocycles. The standard InChI is InChI=1S/C13H27N3O3S/c1-4-7-11(2)15-13(17)16-9-6-5-8-12(16)10-14-20(3,18)19/h11-12,14H,4-10H2,1-3H3,(H,15,17)/t11-,12+/m0/s1. The lowest BCUT2D eigenvalue weighted by Gasteiger charge is -2.36. The van der Waals surface area contributed by atoms with Crippen molar-refractivity contribution in [1.82, 2.24) is 14.9 Å². The van der Waals surface area contributed by atoms with Crippen molar-refractivity contribution in [3.05, 3.63) is 0 Å². The highest BCUT2D eigenvalue weighted by molar-refractivity contribution is 7.88. The number of hydrogen-bond acceptors (Lipinski definition) is 3. The Bertz CT molecular complexity index is 411. The van der Waals surface area contributed by atoms with Crippen molar-refractivity contribution in [1.29, 1.82) is 0 Å². The second-order valence-corrected chi connectivity index (χ2v) is 7.44. The molecule has 0 spiro atoms. The van der Waals surface area contributed by atoms with Crippen LogP contribution >= 0.6 is 0 Å². The predicted molar refractivity (Wildman–Crippen MR) is 80.1 cm³/mol. The van der Waals surface area contributed by atoms with E-state index >= 15 is 0 Å². The van der Waals surface area contributed by atoms with Crippen LogP contribution < -0.4 is 10.0 Å². The fourth-order valence-electron chi connectivity index (χ4n) is 2.53. The minimum absolute atomic E-state index is 0.0488. The number of piperidine rings is 1. The minimum Gasteiger partial charge on any atom is -0.336 e. The maximum atomic E-state index is 12.3. The number of carbonyl (C=O) groups is 1. The Morgan fingerprint density at radius 1 is 1.40 bits per heavy atom. The lowest BCUT2D eigenvalue weighted by atomic mass is 10.0. The summed E-state index contributed by atoms with van der Waals surface area (Å²) in [7, 11) is -3.21. The molecule has 6 nitrogen and oxygen atoms in total. The number of likely N-dealkylation sites (tertiary alicyclic amines) is 1. The maximum absolute atomic E-state index is 12.3.